The number of esters is 1. The van der Waals surface area contributed by atoms with Crippen molar-refractivity contribution in [3.05, 3.63) is 169 Å². The van der Waals surface area contributed by atoms with Crippen LogP contribution < -0.4 is 19.6 Å². The minimum Gasteiger partial charge on any atom is -0.488 e. The van der Waals surface area contributed by atoms with Gasteiger partial charge in [0, 0.05) is 16.0 Å². The van der Waals surface area contributed by atoms with Crippen molar-refractivity contribution in [2.45, 2.75) is 24.5 Å². The molecule has 0 fully saturated rings. The topological polar surface area (TPSA) is 69.9 Å². The fraction of sp³-hybridized carbons (Fsp3) is 0.125. The lowest BCUT2D eigenvalue weighted by Gasteiger charge is -2.26. The molecular weight excluding hydrogens is 637 g/mol. The Bertz CT molecular complexity index is 2330. The van der Waals surface area contributed by atoms with Crippen LogP contribution in [0, 0.1) is 0 Å². The number of aromatic nitrogens is 1. The molecule has 238 valence electrons. The number of thioether (sulfide) groups is 1. The van der Waals surface area contributed by atoms with E-state index in [0.717, 1.165) is 37.9 Å². The maximum Gasteiger partial charge on any atom is 0.338 e. The quantitative estimate of drug-likeness (QED) is 0.119. The van der Waals surface area contributed by atoms with E-state index in [1.54, 1.807) is 23.3 Å². The number of thiazole rings is 1. The summed E-state index contributed by atoms with van der Waals surface area (Å²) in [6.45, 7) is 2.36. The van der Waals surface area contributed by atoms with E-state index >= 15 is 0 Å². The highest BCUT2D eigenvalue weighted by atomic mass is 32.2. The van der Waals surface area contributed by atoms with Crippen LogP contribution in [0.2, 0.25) is 0 Å². The Morgan fingerprint density at radius 1 is 0.896 bits per heavy atom. The Labute approximate surface area is 286 Å². The van der Waals surface area contributed by atoms with Crippen LogP contribution >= 0.6 is 23.1 Å². The fourth-order valence-electron chi connectivity index (χ4n) is 5.96. The third kappa shape index (κ3) is 6.12. The van der Waals surface area contributed by atoms with Gasteiger partial charge in [0.05, 0.1) is 28.5 Å². The van der Waals surface area contributed by atoms with E-state index in [4.69, 9.17) is 14.5 Å². The SMILES string of the molecule is CCOC(=O)C1=C(c2ccccc2)N=c2s/c(=C\c3c(OCc4ccccc4)ccc4ccccc34)c(=O)n2[C@H]1c1ccc(SC)cc1. The van der Waals surface area contributed by atoms with Crippen molar-refractivity contribution in [3.8, 4) is 5.75 Å². The smallest absolute Gasteiger partial charge is 0.338 e. The van der Waals surface area contributed by atoms with Crippen LogP contribution in [0.15, 0.2) is 142 Å². The van der Waals surface area contributed by atoms with Gasteiger partial charge in [-0.25, -0.2) is 9.79 Å². The Morgan fingerprint density at radius 2 is 1.60 bits per heavy atom. The first kappa shape index (κ1) is 31.4. The Hall–Kier alpha value is -5.18. The lowest BCUT2D eigenvalue weighted by molar-refractivity contribution is -0.138. The fourth-order valence-corrected chi connectivity index (χ4v) is 7.35. The van der Waals surface area contributed by atoms with Crippen molar-refractivity contribution < 1.29 is 14.3 Å². The maximum atomic E-state index is 14.6. The van der Waals surface area contributed by atoms with Gasteiger partial charge < -0.3 is 9.47 Å². The highest BCUT2D eigenvalue weighted by Gasteiger charge is 2.35. The van der Waals surface area contributed by atoms with Gasteiger partial charge in [-0.3, -0.25) is 9.36 Å². The molecule has 0 radical (unpaired) electrons. The molecule has 7 rings (SSSR count). The highest BCUT2D eigenvalue weighted by Crippen LogP contribution is 2.36. The van der Waals surface area contributed by atoms with Gasteiger partial charge in [0.2, 0.25) is 0 Å². The molecule has 1 aromatic heterocycles. The molecule has 1 atom stereocenters. The molecule has 1 aliphatic heterocycles. The summed E-state index contributed by atoms with van der Waals surface area (Å²) >= 11 is 2.93. The zero-order chi connectivity index (χ0) is 33.0. The van der Waals surface area contributed by atoms with Gasteiger partial charge in [-0.1, -0.05) is 114 Å². The predicted molar refractivity (Wildman–Crippen MR) is 194 cm³/mol. The molecule has 0 amide bonds. The van der Waals surface area contributed by atoms with E-state index in [2.05, 4.69) is 0 Å². The van der Waals surface area contributed by atoms with Crippen molar-refractivity contribution in [1.29, 1.82) is 0 Å². The largest absolute Gasteiger partial charge is 0.488 e. The zero-order valence-electron chi connectivity index (χ0n) is 26.5. The molecule has 0 saturated heterocycles. The van der Waals surface area contributed by atoms with Crippen molar-refractivity contribution in [2.75, 3.05) is 12.9 Å². The standard InChI is InChI=1S/C40H32N2O4S2/c1-3-45-39(44)35-36(28-15-8-5-9-16-28)41-40-42(37(35)29-18-21-30(47-2)22-19-29)38(43)34(48-40)24-32-31-17-11-10-14-27(31)20-23-33(32)46-25-26-12-6-4-7-13-26/h4-24,37H,3,25H2,1-2H3/b34-24-/t37-/m0/s1. The van der Waals surface area contributed by atoms with Gasteiger partial charge in [-0.05, 0) is 59.4 Å². The van der Waals surface area contributed by atoms with Crippen LogP contribution in [-0.4, -0.2) is 23.4 Å². The van der Waals surface area contributed by atoms with Crippen LogP contribution in [0.1, 0.15) is 35.2 Å². The molecule has 2 heterocycles. The lowest BCUT2D eigenvalue weighted by atomic mass is 9.93. The minimum absolute atomic E-state index is 0.194. The first-order chi connectivity index (χ1) is 23.6. The average Bonchev–Trinajstić information content (AvgIpc) is 3.45. The number of hydrogen-bond donors (Lipinski definition) is 0. The van der Waals surface area contributed by atoms with Crippen molar-refractivity contribution in [3.63, 3.8) is 0 Å². The van der Waals surface area contributed by atoms with E-state index < -0.39 is 12.0 Å². The highest BCUT2D eigenvalue weighted by molar-refractivity contribution is 7.98. The number of hydrogen-bond acceptors (Lipinski definition) is 7. The number of carbonyl (C=O) groups is 1. The summed E-state index contributed by atoms with van der Waals surface area (Å²) in [4.78, 5) is 35.0. The van der Waals surface area contributed by atoms with Gasteiger partial charge in [0.1, 0.15) is 12.4 Å². The van der Waals surface area contributed by atoms with Crippen LogP contribution in [0.4, 0.5) is 0 Å². The summed E-state index contributed by atoms with van der Waals surface area (Å²) < 4.78 is 14.1. The molecule has 6 nitrogen and oxygen atoms in total. The van der Waals surface area contributed by atoms with Crippen molar-refractivity contribution in [2.24, 2.45) is 4.99 Å². The Morgan fingerprint density at radius 3 is 2.33 bits per heavy atom. The molecule has 0 aliphatic carbocycles. The average molecular weight is 669 g/mol. The van der Waals surface area contributed by atoms with E-state index in [-0.39, 0.29) is 12.2 Å². The lowest BCUT2D eigenvalue weighted by Crippen LogP contribution is -2.40. The zero-order valence-corrected chi connectivity index (χ0v) is 28.1. The van der Waals surface area contributed by atoms with Crippen LogP contribution in [0.5, 0.6) is 5.75 Å². The summed E-state index contributed by atoms with van der Waals surface area (Å²) in [5.74, 6) is 0.170. The second-order valence-electron chi connectivity index (χ2n) is 11.2. The third-order valence-corrected chi connectivity index (χ3v) is 9.98. The van der Waals surface area contributed by atoms with E-state index in [0.29, 0.717) is 33.0 Å². The molecule has 0 N–H and O–H groups in total. The number of rotatable bonds is 9. The molecule has 0 bridgehead atoms. The Balaban J connectivity index is 1.46. The number of benzene rings is 5. The van der Waals surface area contributed by atoms with Gasteiger partial charge in [0.15, 0.2) is 4.80 Å². The van der Waals surface area contributed by atoms with Gasteiger partial charge in [-0.2, -0.15) is 0 Å². The van der Waals surface area contributed by atoms with Crippen molar-refractivity contribution in [1.82, 2.24) is 4.57 Å². The third-order valence-electron chi connectivity index (χ3n) is 8.25. The molecular formula is C40H32N2O4S2. The first-order valence-electron chi connectivity index (χ1n) is 15.7. The monoisotopic (exact) mass is 668 g/mol. The van der Waals surface area contributed by atoms with E-state index in [1.807, 2.05) is 134 Å². The second-order valence-corrected chi connectivity index (χ2v) is 13.1. The normalized spacial score (nSPS) is 14.5. The Kier molecular flexibility index (Phi) is 9.09. The number of nitrogens with zero attached hydrogens (tertiary/aromatic N) is 2. The predicted octanol–water partition coefficient (Wildman–Crippen LogP) is 7.39. The summed E-state index contributed by atoms with van der Waals surface area (Å²) in [6.07, 6.45) is 3.91. The van der Waals surface area contributed by atoms with E-state index in [1.165, 1.54) is 11.3 Å². The van der Waals surface area contributed by atoms with Crippen LogP contribution in [0.3, 0.4) is 0 Å². The molecule has 0 spiro atoms. The molecule has 6 aromatic rings. The summed E-state index contributed by atoms with van der Waals surface area (Å²) in [6, 6.07) is 38.9. The van der Waals surface area contributed by atoms with Crippen LogP contribution in [0.25, 0.3) is 22.5 Å². The summed E-state index contributed by atoms with van der Waals surface area (Å²) in [7, 11) is 0. The van der Waals surface area contributed by atoms with E-state index in [9.17, 15) is 9.59 Å². The molecule has 1 aliphatic rings. The molecule has 48 heavy (non-hydrogen) atoms. The van der Waals surface area contributed by atoms with Crippen LogP contribution in [-0.2, 0) is 16.1 Å². The second kappa shape index (κ2) is 13.9. The molecule has 8 heteroatoms. The molecule has 0 saturated carbocycles. The first-order valence-corrected chi connectivity index (χ1v) is 17.7. The van der Waals surface area contributed by atoms with Crippen molar-refractivity contribution >= 4 is 51.6 Å². The maximum absolute atomic E-state index is 14.6. The van der Waals surface area contributed by atoms with Gasteiger partial charge >= 0.3 is 5.97 Å². The summed E-state index contributed by atoms with van der Waals surface area (Å²) in [5, 5.41) is 2.00. The molecule has 0 unspecified atom stereocenters. The minimum atomic E-state index is -0.741. The van der Waals surface area contributed by atoms with Gasteiger partial charge in [0.25, 0.3) is 5.56 Å². The number of carbonyl (C=O) groups excluding carboxylic acids is 1. The number of ether oxygens (including phenoxy) is 2. The van der Waals surface area contributed by atoms with Gasteiger partial charge in [-0.15, -0.1) is 11.8 Å². The number of fused-ring (bicyclic) bond motifs is 2. The molecule has 5 aromatic carbocycles. The summed E-state index contributed by atoms with van der Waals surface area (Å²) in [5.41, 5.74) is 4.01.